The summed E-state index contributed by atoms with van der Waals surface area (Å²) in [7, 11) is 0. The summed E-state index contributed by atoms with van der Waals surface area (Å²) >= 11 is 0. The van der Waals surface area contributed by atoms with E-state index in [1.165, 1.54) is 0 Å². The van der Waals surface area contributed by atoms with Gasteiger partial charge in [0.15, 0.2) is 0 Å². The number of nitrogens with zero attached hydrogens (tertiary/aromatic N) is 1. The van der Waals surface area contributed by atoms with Crippen molar-refractivity contribution in [3.63, 3.8) is 0 Å². The fraction of sp³-hybridized carbons (Fsp3) is 0.625. The first-order chi connectivity index (χ1) is 10.1. The van der Waals surface area contributed by atoms with Gasteiger partial charge in [0.2, 0.25) is 0 Å². The molecule has 0 aliphatic carbocycles. The van der Waals surface area contributed by atoms with Gasteiger partial charge in [-0.05, 0) is 23.6 Å². The number of benzene rings is 1. The molecule has 140 valence electrons. The van der Waals surface area contributed by atoms with Gasteiger partial charge in [-0.3, -0.25) is 4.90 Å². The van der Waals surface area contributed by atoms with Crippen molar-refractivity contribution in [2.45, 2.75) is 33.0 Å². The highest BCUT2D eigenvalue weighted by Gasteiger charge is 2.37. The van der Waals surface area contributed by atoms with Crippen LogP contribution in [-0.2, 0) is 6.18 Å². The molecule has 0 saturated carbocycles. The van der Waals surface area contributed by atoms with Gasteiger partial charge in [0.05, 0.1) is 5.56 Å². The summed E-state index contributed by atoms with van der Waals surface area (Å²) in [6, 6.07) is 2.31. The van der Waals surface area contributed by atoms with Gasteiger partial charge in [-0.25, -0.2) is 4.39 Å². The number of rotatable bonds is 2. The van der Waals surface area contributed by atoms with Gasteiger partial charge in [0, 0.05) is 37.8 Å². The van der Waals surface area contributed by atoms with Gasteiger partial charge in [0.1, 0.15) is 5.82 Å². The summed E-state index contributed by atoms with van der Waals surface area (Å²) in [6.07, 6.45) is -4.46. The second kappa shape index (κ2) is 8.70. The number of piperazine rings is 1. The molecule has 1 atom stereocenters. The fourth-order valence-electron chi connectivity index (χ4n) is 3.08. The summed E-state index contributed by atoms with van der Waals surface area (Å²) < 4.78 is 53.2. The number of hydrogen-bond donors (Lipinski definition) is 1. The van der Waals surface area contributed by atoms with Gasteiger partial charge in [0.25, 0.3) is 0 Å². The maximum Gasteiger partial charge on any atom is 0.416 e. The molecule has 2 rings (SSSR count). The zero-order chi connectivity index (χ0) is 16.5. The lowest BCUT2D eigenvalue weighted by Gasteiger charge is -2.42. The lowest BCUT2D eigenvalue weighted by atomic mass is 9.80. The highest BCUT2D eigenvalue weighted by atomic mass is 35.5. The molecule has 1 aliphatic heterocycles. The van der Waals surface area contributed by atoms with Crippen LogP contribution >= 0.6 is 24.8 Å². The Bertz CT molecular complexity index is 524. The second-order valence-electron chi connectivity index (χ2n) is 6.79. The van der Waals surface area contributed by atoms with Crippen molar-refractivity contribution >= 4 is 24.8 Å². The minimum Gasteiger partial charge on any atom is -0.314 e. The third-order valence-corrected chi connectivity index (χ3v) is 3.95. The topological polar surface area (TPSA) is 15.3 Å². The predicted octanol–water partition coefficient (Wildman–Crippen LogP) is 4.68. The van der Waals surface area contributed by atoms with Crippen LogP contribution in [0.4, 0.5) is 17.6 Å². The zero-order valence-corrected chi connectivity index (χ0v) is 15.5. The molecule has 1 saturated heterocycles. The molecule has 0 radical (unpaired) electrons. The van der Waals surface area contributed by atoms with E-state index in [-0.39, 0.29) is 35.8 Å². The van der Waals surface area contributed by atoms with Gasteiger partial charge in [-0.15, -0.1) is 24.8 Å². The van der Waals surface area contributed by atoms with Crippen LogP contribution in [-0.4, -0.2) is 31.1 Å². The Labute approximate surface area is 152 Å². The van der Waals surface area contributed by atoms with E-state index >= 15 is 0 Å². The number of nitrogens with one attached hydrogen (secondary N) is 1. The third kappa shape index (κ3) is 5.48. The van der Waals surface area contributed by atoms with E-state index in [2.05, 4.69) is 10.2 Å². The summed E-state index contributed by atoms with van der Waals surface area (Å²) in [5, 5.41) is 3.21. The average molecular weight is 391 g/mol. The molecule has 1 aliphatic rings. The van der Waals surface area contributed by atoms with E-state index in [9.17, 15) is 17.6 Å². The van der Waals surface area contributed by atoms with Crippen molar-refractivity contribution in [1.82, 2.24) is 10.2 Å². The highest BCUT2D eigenvalue weighted by molar-refractivity contribution is 5.85. The first-order valence-electron chi connectivity index (χ1n) is 7.42. The highest BCUT2D eigenvalue weighted by Crippen LogP contribution is 2.41. The normalized spacial score (nSPS) is 17.6. The lowest BCUT2D eigenvalue weighted by molar-refractivity contribution is -0.137. The Hall–Kier alpha value is -0.560. The number of hydrogen-bond acceptors (Lipinski definition) is 2. The Kier molecular flexibility index (Phi) is 8.49. The van der Waals surface area contributed by atoms with Crippen molar-refractivity contribution in [1.29, 1.82) is 0 Å². The minimum absolute atomic E-state index is 0. The molecule has 0 amide bonds. The molecule has 1 fully saturated rings. The van der Waals surface area contributed by atoms with Gasteiger partial charge in [-0.2, -0.15) is 13.2 Å². The SMILES string of the molecule is CC(C)(C)[C@H](c1cc(C(F)(F)F)ccc1F)N1CCNCC1.Cl.Cl. The molecule has 1 heterocycles. The van der Waals surface area contributed by atoms with E-state index in [4.69, 9.17) is 0 Å². The van der Waals surface area contributed by atoms with Crippen LogP contribution in [0.3, 0.4) is 0 Å². The molecular formula is C16H24Cl2F4N2. The maximum atomic E-state index is 14.3. The molecule has 0 unspecified atom stereocenters. The van der Waals surface area contributed by atoms with E-state index in [0.29, 0.717) is 13.1 Å². The van der Waals surface area contributed by atoms with E-state index in [1.54, 1.807) is 0 Å². The standard InChI is InChI=1S/C16H22F4N2.2ClH/c1-15(2,3)14(22-8-6-21-7-9-22)12-10-11(16(18,19)20)4-5-13(12)17;;/h4-5,10,14,21H,6-9H2,1-3H3;2*1H/t14-;;/m0../s1. The molecule has 1 aromatic carbocycles. The first kappa shape index (κ1) is 23.4. The Morgan fingerprint density at radius 3 is 2.04 bits per heavy atom. The summed E-state index contributed by atoms with van der Waals surface area (Å²) in [4.78, 5) is 2.06. The Balaban J connectivity index is 0.00000264. The fourth-order valence-corrected chi connectivity index (χ4v) is 3.08. The van der Waals surface area contributed by atoms with Crippen LogP contribution in [0, 0.1) is 11.2 Å². The largest absolute Gasteiger partial charge is 0.416 e. The van der Waals surface area contributed by atoms with Crippen LogP contribution in [0.1, 0.15) is 37.9 Å². The molecule has 24 heavy (non-hydrogen) atoms. The number of alkyl halides is 3. The molecule has 0 aromatic heterocycles. The molecule has 0 bridgehead atoms. The van der Waals surface area contributed by atoms with Crippen LogP contribution in [0.15, 0.2) is 18.2 Å². The van der Waals surface area contributed by atoms with Crippen LogP contribution in [0.2, 0.25) is 0 Å². The molecule has 8 heteroatoms. The average Bonchev–Trinajstić information content (AvgIpc) is 2.39. The van der Waals surface area contributed by atoms with Crippen LogP contribution in [0.25, 0.3) is 0 Å². The van der Waals surface area contributed by atoms with Crippen LogP contribution in [0.5, 0.6) is 0 Å². The maximum absolute atomic E-state index is 14.3. The quantitative estimate of drug-likeness (QED) is 0.737. The van der Waals surface area contributed by atoms with Crippen molar-refractivity contribution in [2.24, 2.45) is 5.41 Å². The smallest absolute Gasteiger partial charge is 0.314 e. The van der Waals surface area contributed by atoms with E-state index in [0.717, 1.165) is 31.3 Å². The lowest BCUT2D eigenvalue weighted by Crippen LogP contribution is -2.48. The molecule has 2 nitrogen and oxygen atoms in total. The zero-order valence-electron chi connectivity index (χ0n) is 13.9. The minimum atomic E-state index is -4.46. The summed E-state index contributed by atoms with van der Waals surface area (Å²) in [6.45, 7) is 8.69. The molecular weight excluding hydrogens is 367 g/mol. The van der Waals surface area contributed by atoms with E-state index < -0.39 is 23.6 Å². The van der Waals surface area contributed by atoms with Crippen molar-refractivity contribution in [3.05, 3.63) is 35.1 Å². The van der Waals surface area contributed by atoms with Crippen molar-refractivity contribution < 1.29 is 17.6 Å². The van der Waals surface area contributed by atoms with Gasteiger partial charge >= 0.3 is 6.18 Å². The number of halogens is 6. The van der Waals surface area contributed by atoms with Gasteiger partial charge in [-0.1, -0.05) is 20.8 Å². The summed E-state index contributed by atoms with van der Waals surface area (Å²) in [5.41, 5.74) is -1.04. The predicted molar refractivity (Wildman–Crippen MR) is 92.5 cm³/mol. The van der Waals surface area contributed by atoms with Crippen molar-refractivity contribution in [3.8, 4) is 0 Å². The Morgan fingerprint density at radius 2 is 1.58 bits per heavy atom. The van der Waals surface area contributed by atoms with E-state index in [1.807, 2.05) is 20.8 Å². The van der Waals surface area contributed by atoms with Crippen LogP contribution < -0.4 is 5.32 Å². The monoisotopic (exact) mass is 390 g/mol. The second-order valence-corrected chi connectivity index (χ2v) is 6.79. The molecule has 1 N–H and O–H groups in total. The first-order valence-corrected chi connectivity index (χ1v) is 7.42. The third-order valence-electron chi connectivity index (χ3n) is 3.95. The van der Waals surface area contributed by atoms with Gasteiger partial charge < -0.3 is 5.32 Å². The Morgan fingerprint density at radius 1 is 1.04 bits per heavy atom. The van der Waals surface area contributed by atoms with Crippen molar-refractivity contribution in [2.75, 3.05) is 26.2 Å². The molecule has 1 aromatic rings. The summed E-state index contributed by atoms with van der Waals surface area (Å²) in [5.74, 6) is -0.577. The molecule has 0 spiro atoms.